The first-order valence-electron chi connectivity index (χ1n) is 11.3. The van der Waals surface area contributed by atoms with Crippen LogP contribution < -0.4 is 17.1 Å². The number of hydroxylamine groups is 3. The van der Waals surface area contributed by atoms with Crippen molar-refractivity contribution in [1.29, 1.82) is 0 Å². The van der Waals surface area contributed by atoms with Gasteiger partial charge >= 0.3 is 0 Å². The SMILES string of the molecule is CCCCC(CO[N+](C)(C)C(C)(C)C(C)(C)Cc1ccccc1)Oc1ccccc1.[Cl-]. The summed E-state index contributed by atoms with van der Waals surface area (Å²) in [6.45, 7) is 12.1. The average Bonchev–Trinajstić information content (AvgIpc) is 2.71. The van der Waals surface area contributed by atoms with Crippen LogP contribution in [0, 0.1) is 5.41 Å². The van der Waals surface area contributed by atoms with Crippen LogP contribution in [-0.4, -0.2) is 37.0 Å². The quantitative estimate of drug-likeness (QED) is 0.365. The first-order chi connectivity index (χ1) is 14.1. The highest BCUT2D eigenvalue weighted by molar-refractivity contribution is 5.21. The van der Waals surface area contributed by atoms with Crippen LogP contribution in [0.5, 0.6) is 5.75 Å². The summed E-state index contributed by atoms with van der Waals surface area (Å²) in [6.07, 6.45) is 4.35. The van der Waals surface area contributed by atoms with Crippen LogP contribution in [0.1, 0.15) is 59.4 Å². The normalized spacial score (nSPS) is 13.4. The van der Waals surface area contributed by atoms with Gasteiger partial charge in [0.1, 0.15) is 24.0 Å². The Morgan fingerprint density at radius 3 is 1.97 bits per heavy atom. The van der Waals surface area contributed by atoms with E-state index in [9.17, 15) is 0 Å². The van der Waals surface area contributed by atoms with Crippen LogP contribution in [0.25, 0.3) is 0 Å². The smallest absolute Gasteiger partial charge is 0.143 e. The minimum absolute atomic E-state index is 0. The highest BCUT2D eigenvalue weighted by atomic mass is 35.5. The summed E-state index contributed by atoms with van der Waals surface area (Å²) in [5, 5.41) is 0. The Bertz CT molecular complexity index is 744. The predicted molar refractivity (Wildman–Crippen MR) is 126 cm³/mol. The highest BCUT2D eigenvalue weighted by Gasteiger charge is 2.51. The number of rotatable bonds is 12. The third-order valence-corrected chi connectivity index (χ3v) is 7.00. The monoisotopic (exact) mass is 447 g/mol. The van der Waals surface area contributed by atoms with E-state index in [4.69, 9.17) is 9.57 Å². The molecule has 0 fully saturated rings. The first kappa shape index (κ1) is 27.5. The molecule has 0 saturated heterocycles. The third-order valence-electron chi connectivity index (χ3n) is 7.00. The van der Waals surface area contributed by atoms with Crippen molar-refractivity contribution < 1.29 is 26.6 Å². The summed E-state index contributed by atoms with van der Waals surface area (Å²) in [5.74, 6) is 0.913. The number of hydrogen-bond acceptors (Lipinski definition) is 2. The molecule has 0 aliphatic heterocycles. The van der Waals surface area contributed by atoms with E-state index in [0.717, 1.165) is 31.4 Å². The van der Waals surface area contributed by atoms with Gasteiger partial charge in [-0.25, -0.2) is 0 Å². The van der Waals surface area contributed by atoms with E-state index in [2.05, 4.69) is 79.0 Å². The zero-order valence-electron chi connectivity index (χ0n) is 20.5. The number of ether oxygens (including phenoxy) is 1. The molecule has 0 bridgehead atoms. The van der Waals surface area contributed by atoms with Crippen molar-refractivity contribution in [1.82, 2.24) is 0 Å². The fourth-order valence-electron chi connectivity index (χ4n) is 3.78. The topological polar surface area (TPSA) is 18.5 Å². The second kappa shape index (κ2) is 11.9. The fraction of sp³-hybridized carbons (Fsp3) is 0.556. The van der Waals surface area contributed by atoms with Crippen LogP contribution in [0.15, 0.2) is 60.7 Å². The van der Waals surface area contributed by atoms with Crippen molar-refractivity contribution in [2.24, 2.45) is 5.41 Å². The van der Waals surface area contributed by atoms with Gasteiger partial charge in [0.05, 0.1) is 14.1 Å². The summed E-state index contributed by atoms with van der Waals surface area (Å²) in [6, 6.07) is 20.8. The summed E-state index contributed by atoms with van der Waals surface area (Å²) in [5.41, 5.74) is 1.30. The number of nitrogens with zero attached hydrogens (tertiary/aromatic N) is 1. The lowest BCUT2D eigenvalue weighted by atomic mass is 9.69. The lowest BCUT2D eigenvalue weighted by molar-refractivity contribution is -1.12. The van der Waals surface area contributed by atoms with Crippen molar-refractivity contribution in [2.75, 3.05) is 20.7 Å². The van der Waals surface area contributed by atoms with E-state index in [1.807, 2.05) is 30.3 Å². The second-order valence-corrected chi connectivity index (χ2v) is 9.95. The van der Waals surface area contributed by atoms with Crippen LogP contribution in [0.2, 0.25) is 0 Å². The second-order valence-electron chi connectivity index (χ2n) is 9.95. The van der Waals surface area contributed by atoms with E-state index in [-0.39, 0.29) is 29.5 Å². The van der Waals surface area contributed by atoms with Gasteiger partial charge in [0, 0.05) is 5.41 Å². The van der Waals surface area contributed by atoms with Crippen molar-refractivity contribution in [3.8, 4) is 5.75 Å². The Labute approximate surface area is 196 Å². The Morgan fingerprint density at radius 1 is 0.871 bits per heavy atom. The van der Waals surface area contributed by atoms with Crippen LogP contribution in [0.4, 0.5) is 0 Å². The maximum Gasteiger partial charge on any atom is 0.143 e. The molecule has 4 heteroatoms. The standard InChI is InChI=1S/C27H42NO2.ClH/c1-8-9-18-25(30-24-19-14-11-15-20-24)22-29-28(6,7)27(4,5)26(2,3)21-23-16-12-10-13-17-23;/h10-17,19-20,25H,8-9,18,21-22H2,1-7H3;1H/q+1;/p-1. The highest BCUT2D eigenvalue weighted by Crippen LogP contribution is 2.41. The van der Waals surface area contributed by atoms with Crippen molar-refractivity contribution in [2.45, 2.75) is 71.9 Å². The Balaban J connectivity index is 0.00000480. The molecule has 3 nitrogen and oxygen atoms in total. The van der Waals surface area contributed by atoms with Crippen LogP contribution >= 0.6 is 0 Å². The number of para-hydroxylation sites is 1. The molecule has 0 aliphatic carbocycles. The van der Waals surface area contributed by atoms with Gasteiger partial charge in [-0.05, 0) is 50.8 Å². The Morgan fingerprint density at radius 2 is 1.42 bits per heavy atom. The molecule has 0 saturated carbocycles. The van der Waals surface area contributed by atoms with E-state index < -0.39 is 0 Å². The molecular weight excluding hydrogens is 406 g/mol. The zero-order chi connectivity index (χ0) is 22.3. The number of unbranched alkanes of at least 4 members (excludes halogenated alkanes) is 1. The molecule has 0 spiro atoms. The number of hydrogen-bond donors (Lipinski definition) is 0. The minimum atomic E-state index is -0.106. The summed E-state index contributed by atoms with van der Waals surface area (Å²) < 4.78 is 6.75. The van der Waals surface area contributed by atoms with Gasteiger partial charge in [-0.15, -0.1) is 0 Å². The molecule has 0 amide bonds. The molecule has 2 rings (SSSR count). The molecule has 2 aromatic rings. The number of quaternary nitrogens is 1. The minimum Gasteiger partial charge on any atom is -1.00 e. The first-order valence-corrected chi connectivity index (χ1v) is 11.3. The molecule has 0 radical (unpaired) electrons. The molecule has 1 atom stereocenters. The van der Waals surface area contributed by atoms with Crippen LogP contribution in [0.3, 0.4) is 0 Å². The molecule has 174 valence electrons. The molecule has 31 heavy (non-hydrogen) atoms. The lowest BCUT2D eigenvalue weighted by Crippen LogP contribution is -3.00. The van der Waals surface area contributed by atoms with Gasteiger partial charge in [-0.2, -0.15) is 9.48 Å². The fourth-order valence-corrected chi connectivity index (χ4v) is 3.78. The maximum absolute atomic E-state index is 6.56. The molecule has 0 aromatic heterocycles. The maximum atomic E-state index is 6.56. The molecule has 0 heterocycles. The average molecular weight is 448 g/mol. The largest absolute Gasteiger partial charge is 1.00 e. The number of benzene rings is 2. The van der Waals surface area contributed by atoms with Crippen LogP contribution in [-0.2, 0) is 11.3 Å². The Hall–Kier alpha value is -1.55. The van der Waals surface area contributed by atoms with E-state index in [1.54, 1.807) is 0 Å². The summed E-state index contributed by atoms with van der Waals surface area (Å²) in [7, 11) is 4.35. The van der Waals surface area contributed by atoms with E-state index in [0.29, 0.717) is 11.3 Å². The van der Waals surface area contributed by atoms with Crippen molar-refractivity contribution >= 4 is 0 Å². The van der Waals surface area contributed by atoms with E-state index in [1.165, 1.54) is 5.56 Å². The summed E-state index contributed by atoms with van der Waals surface area (Å²) >= 11 is 0. The molecule has 0 aliphatic rings. The third kappa shape index (κ3) is 7.52. The van der Waals surface area contributed by atoms with Gasteiger partial charge in [-0.3, -0.25) is 0 Å². The summed E-state index contributed by atoms with van der Waals surface area (Å²) in [4.78, 5) is 6.56. The number of halogens is 1. The van der Waals surface area contributed by atoms with Gasteiger partial charge in [0.15, 0.2) is 0 Å². The molecule has 1 unspecified atom stereocenters. The van der Waals surface area contributed by atoms with Gasteiger partial charge in [-0.1, -0.05) is 75.7 Å². The van der Waals surface area contributed by atoms with Gasteiger partial charge < -0.3 is 17.1 Å². The lowest BCUT2D eigenvalue weighted by Gasteiger charge is -2.50. The van der Waals surface area contributed by atoms with Gasteiger partial charge in [0.25, 0.3) is 0 Å². The van der Waals surface area contributed by atoms with Crippen molar-refractivity contribution in [3.63, 3.8) is 0 Å². The Kier molecular flexibility index (Phi) is 10.5. The molecule has 0 N–H and O–H groups in total. The zero-order valence-corrected chi connectivity index (χ0v) is 21.3. The van der Waals surface area contributed by atoms with E-state index >= 15 is 0 Å². The predicted octanol–water partition coefficient (Wildman–Crippen LogP) is 3.68. The molecule has 2 aromatic carbocycles. The van der Waals surface area contributed by atoms with Gasteiger partial charge in [0.2, 0.25) is 0 Å². The van der Waals surface area contributed by atoms with Crippen molar-refractivity contribution in [3.05, 3.63) is 66.2 Å². The molecular formula is C27H42ClNO2.